The molecule has 1 aromatic carbocycles. The Morgan fingerprint density at radius 1 is 1.11 bits per heavy atom. The molecular weight excluding hydrogens is 363 g/mol. The molecular formula is C10H7BrClF6N. The molecule has 0 aliphatic rings. The van der Waals surface area contributed by atoms with Crippen LogP contribution in [0.25, 0.3) is 0 Å². The van der Waals surface area contributed by atoms with Gasteiger partial charge in [-0.1, -0.05) is 11.6 Å². The lowest BCUT2D eigenvalue weighted by molar-refractivity contribution is -0.327. The molecule has 9 heteroatoms. The Kier molecular flexibility index (Phi) is 4.09. The fourth-order valence-corrected chi connectivity index (χ4v) is 2.10. The number of hydrogen-bond acceptors (Lipinski definition) is 1. The van der Waals surface area contributed by atoms with E-state index in [4.69, 9.17) is 17.3 Å². The van der Waals surface area contributed by atoms with E-state index in [0.717, 1.165) is 6.07 Å². The summed E-state index contributed by atoms with van der Waals surface area (Å²) in [7, 11) is 0. The summed E-state index contributed by atoms with van der Waals surface area (Å²) < 4.78 is 77.0. The van der Waals surface area contributed by atoms with Crippen molar-refractivity contribution in [3.8, 4) is 0 Å². The van der Waals surface area contributed by atoms with Gasteiger partial charge in [0.25, 0.3) is 0 Å². The average molecular weight is 371 g/mol. The number of nitrogens with two attached hydrogens (primary N) is 1. The molecule has 0 spiro atoms. The highest BCUT2D eigenvalue weighted by Crippen LogP contribution is 2.51. The van der Waals surface area contributed by atoms with Crippen molar-refractivity contribution in [3.05, 3.63) is 27.2 Å². The van der Waals surface area contributed by atoms with Crippen LogP contribution in [0.2, 0.25) is 5.02 Å². The van der Waals surface area contributed by atoms with Crippen LogP contribution in [0.1, 0.15) is 12.5 Å². The Morgan fingerprint density at radius 3 is 1.95 bits per heavy atom. The van der Waals surface area contributed by atoms with Crippen molar-refractivity contribution in [2.24, 2.45) is 0 Å². The van der Waals surface area contributed by atoms with Crippen LogP contribution in [0, 0.1) is 0 Å². The summed E-state index contributed by atoms with van der Waals surface area (Å²) in [4.78, 5) is 0. The molecule has 0 aliphatic heterocycles. The Hall–Kier alpha value is -0.630. The van der Waals surface area contributed by atoms with Gasteiger partial charge in [0, 0.05) is 4.47 Å². The number of alkyl halides is 6. The van der Waals surface area contributed by atoms with E-state index in [1.54, 1.807) is 0 Å². The average Bonchev–Trinajstić information content (AvgIpc) is 2.23. The fraction of sp³-hybridized carbons (Fsp3) is 0.400. The summed E-state index contributed by atoms with van der Waals surface area (Å²) in [6.45, 7) is 0.134. The maximum absolute atomic E-state index is 14.0. The van der Waals surface area contributed by atoms with Gasteiger partial charge in [-0.05, 0) is 40.5 Å². The smallest absolute Gasteiger partial charge is 0.397 e. The summed E-state index contributed by atoms with van der Waals surface area (Å²) in [5, 5.41) is -0.328. The molecule has 0 amide bonds. The molecule has 1 unspecified atom stereocenters. The van der Waals surface area contributed by atoms with Gasteiger partial charge in [-0.3, -0.25) is 0 Å². The molecule has 1 rings (SSSR count). The maximum atomic E-state index is 14.0. The molecule has 19 heavy (non-hydrogen) atoms. The van der Waals surface area contributed by atoms with Crippen molar-refractivity contribution >= 4 is 33.2 Å². The van der Waals surface area contributed by atoms with Crippen LogP contribution in [-0.4, -0.2) is 12.1 Å². The lowest BCUT2D eigenvalue weighted by Gasteiger charge is -2.32. The van der Waals surface area contributed by atoms with Crippen LogP contribution in [0.5, 0.6) is 0 Å². The number of anilines is 1. The fourth-order valence-electron chi connectivity index (χ4n) is 1.30. The van der Waals surface area contributed by atoms with E-state index in [2.05, 4.69) is 15.9 Å². The first-order valence-corrected chi connectivity index (χ1v) is 5.88. The van der Waals surface area contributed by atoms with Crippen molar-refractivity contribution in [2.75, 3.05) is 5.73 Å². The Morgan fingerprint density at radius 2 is 1.58 bits per heavy atom. The highest BCUT2D eigenvalue weighted by molar-refractivity contribution is 9.10. The molecule has 0 saturated heterocycles. The molecule has 0 fully saturated rings. The first-order chi connectivity index (χ1) is 8.32. The lowest BCUT2D eigenvalue weighted by atomic mass is 9.90. The van der Waals surface area contributed by atoms with Gasteiger partial charge in [-0.25, -0.2) is 4.39 Å². The minimum atomic E-state index is -6.03. The monoisotopic (exact) mass is 369 g/mol. The van der Waals surface area contributed by atoms with E-state index in [0.29, 0.717) is 6.07 Å². The number of rotatable bonds is 2. The quantitative estimate of drug-likeness (QED) is 0.571. The Labute approximate surface area is 117 Å². The van der Waals surface area contributed by atoms with Crippen molar-refractivity contribution in [3.63, 3.8) is 0 Å². The number of nitrogen functional groups attached to an aromatic ring is 1. The zero-order valence-electron chi connectivity index (χ0n) is 9.26. The topological polar surface area (TPSA) is 26.0 Å². The molecule has 0 radical (unpaired) electrons. The van der Waals surface area contributed by atoms with E-state index in [9.17, 15) is 26.3 Å². The molecule has 0 bridgehead atoms. The lowest BCUT2D eigenvalue weighted by Crippen LogP contribution is -2.50. The maximum Gasteiger partial charge on any atom is 0.457 e. The van der Waals surface area contributed by atoms with Gasteiger partial charge in [-0.15, -0.1) is 0 Å². The third-order valence-electron chi connectivity index (χ3n) is 2.57. The number of halogens is 8. The van der Waals surface area contributed by atoms with Crippen molar-refractivity contribution in [1.29, 1.82) is 0 Å². The van der Waals surface area contributed by atoms with Crippen LogP contribution in [0.3, 0.4) is 0 Å². The third kappa shape index (κ3) is 2.65. The second-order valence-electron chi connectivity index (χ2n) is 3.93. The van der Waals surface area contributed by atoms with E-state index in [-0.39, 0.29) is 22.1 Å². The Balaban J connectivity index is 3.44. The summed E-state index contributed by atoms with van der Waals surface area (Å²) in [5.74, 6) is -5.57. The van der Waals surface area contributed by atoms with E-state index in [1.165, 1.54) is 0 Å². The molecule has 1 aromatic rings. The summed E-state index contributed by atoms with van der Waals surface area (Å²) in [5.41, 5.74) is 0.381. The molecule has 0 heterocycles. The number of benzene rings is 1. The van der Waals surface area contributed by atoms with Gasteiger partial charge >= 0.3 is 12.1 Å². The largest absolute Gasteiger partial charge is 0.457 e. The number of hydrogen-bond donors (Lipinski definition) is 1. The summed E-state index contributed by atoms with van der Waals surface area (Å²) in [6.07, 6.45) is -6.03. The van der Waals surface area contributed by atoms with Crippen molar-refractivity contribution in [1.82, 2.24) is 0 Å². The molecule has 2 N–H and O–H groups in total. The molecule has 1 atom stereocenters. The van der Waals surface area contributed by atoms with Gasteiger partial charge in [0.1, 0.15) is 0 Å². The summed E-state index contributed by atoms with van der Waals surface area (Å²) >= 11 is 8.35. The van der Waals surface area contributed by atoms with Gasteiger partial charge in [0.2, 0.25) is 5.67 Å². The standard InChI is InChI=1S/C10H7BrClF6N/c1-8(13,9(14,15)10(16,17)18)4-2-5(11)7(19)6(12)3-4/h2-3H,19H2,1H3. The molecule has 1 nitrogen and oxygen atoms in total. The molecule has 0 aliphatic carbocycles. The van der Waals surface area contributed by atoms with Gasteiger partial charge in [0.15, 0.2) is 0 Å². The zero-order valence-corrected chi connectivity index (χ0v) is 11.6. The minimum Gasteiger partial charge on any atom is -0.397 e. The Bertz CT molecular complexity index is 476. The van der Waals surface area contributed by atoms with Gasteiger partial charge < -0.3 is 5.73 Å². The second kappa shape index (κ2) is 4.73. The van der Waals surface area contributed by atoms with Crippen molar-refractivity contribution in [2.45, 2.75) is 24.7 Å². The highest BCUT2D eigenvalue weighted by atomic mass is 79.9. The zero-order chi connectivity index (χ0) is 15.2. The molecule has 108 valence electrons. The first-order valence-electron chi connectivity index (χ1n) is 4.71. The third-order valence-corrected chi connectivity index (χ3v) is 3.54. The molecule has 0 saturated carbocycles. The van der Waals surface area contributed by atoms with Gasteiger partial charge in [-0.2, -0.15) is 22.0 Å². The van der Waals surface area contributed by atoms with Crippen LogP contribution >= 0.6 is 27.5 Å². The normalized spacial score (nSPS) is 16.3. The van der Waals surface area contributed by atoms with E-state index < -0.39 is 23.3 Å². The predicted octanol–water partition coefficient (Wildman–Crippen LogP) is 5.07. The summed E-state index contributed by atoms with van der Waals surface area (Å²) in [6, 6.07) is 1.38. The van der Waals surface area contributed by atoms with E-state index in [1.807, 2.05) is 0 Å². The SMILES string of the molecule is CC(F)(c1cc(Cl)c(N)c(Br)c1)C(F)(F)C(F)(F)F. The van der Waals surface area contributed by atoms with Crippen LogP contribution in [0.4, 0.5) is 32.0 Å². The predicted molar refractivity (Wildman–Crippen MR) is 63.0 cm³/mol. The molecule has 0 aromatic heterocycles. The van der Waals surface area contributed by atoms with Crippen LogP contribution in [0.15, 0.2) is 16.6 Å². The van der Waals surface area contributed by atoms with Crippen LogP contribution < -0.4 is 5.73 Å². The minimum absolute atomic E-state index is 0.0724. The van der Waals surface area contributed by atoms with E-state index >= 15 is 0 Å². The first kappa shape index (κ1) is 16.4. The van der Waals surface area contributed by atoms with Crippen LogP contribution in [-0.2, 0) is 5.67 Å². The van der Waals surface area contributed by atoms with Crippen molar-refractivity contribution < 1.29 is 26.3 Å². The van der Waals surface area contributed by atoms with Gasteiger partial charge in [0.05, 0.1) is 10.7 Å². The second-order valence-corrected chi connectivity index (χ2v) is 5.19. The highest BCUT2D eigenvalue weighted by Gasteiger charge is 2.70.